The Hall–Kier alpha value is -2.53. The molecule has 2 aromatic rings. The standard InChI is InChI=1S/C23H28F4N4O3/c1-15-28-21(32)30(22(33)31(15)14-23(25,26)27)10-4-9-29-17-7-8-18(29)12-19(11-17)34-13-16-5-2-3-6-20(16)24/h2-3,5-6,17-19H,4,7-14H2,1H3. The summed E-state index contributed by atoms with van der Waals surface area (Å²) in [7, 11) is 0. The van der Waals surface area contributed by atoms with Crippen molar-refractivity contribution in [1.82, 2.24) is 19.0 Å². The Kier molecular flexibility index (Phi) is 7.22. The van der Waals surface area contributed by atoms with Crippen molar-refractivity contribution in [1.29, 1.82) is 0 Å². The van der Waals surface area contributed by atoms with Crippen LogP contribution in [-0.4, -0.2) is 49.9 Å². The minimum atomic E-state index is -4.59. The zero-order chi connectivity index (χ0) is 24.5. The SMILES string of the molecule is Cc1nc(=O)n(CCCN2C3CCC2CC(OCc2ccccc2F)C3)c(=O)n1CC(F)(F)F. The van der Waals surface area contributed by atoms with E-state index in [1.807, 2.05) is 0 Å². The van der Waals surface area contributed by atoms with Crippen molar-refractivity contribution in [2.45, 2.75) is 83.1 Å². The molecule has 2 unspecified atom stereocenters. The van der Waals surface area contributed by atoms with E-state index in [0.29, 0.717) is 35.2 Å². The van der Waals surface area contributed by atoms with Gasteiger partial charge in [-0.2, -0.15) is 18.2 Å². The van der Waals surface area contributed by atoms with E-state index in [4.69, 9.17) is 4.74 Å². The predicted molar refractivity (Wildman–Crippen MR) is 116 cm³/mol. The van der Waals surface area contributed by atoms with E-state index >= 15 is 0 Å². The number of hydrogen-bond donors (Lipinski definition) is 0. The molecule has 2 saturated heterocycles. The van der Waals surface area contributed by atoms with Crippen molar-refractivity contribution in [3.05, 3.63) is 62.4 Å². The molecule has 0 saturated carbocycles. The molecule has 2 fully saturated rings. The number of halogens is 4. The van der Waals surface area contributed by atoms with Crippen LogP contribution in [0.3, 0.4) is 0 Å². The van der Waals surface area contributed by atoms with Gasteiger partial charge >= 0.3 is 17.6 Å². The smallest absolute Gasteiger partial charge is 0.373 e. The Balaban J connectivity index is 1.33. The van der Waals surface area contributed by atoms with E-state index < -0.39 is 24.1 Å². The number of alkyl halides is 3. The van der Waals surface area contributed by atoms with E-state index in [1.54, 1.807) is 18.2 Å². The van der Waals surface area contributed by atoms with E-state index in [9.17, 15) is 27.2 Å². The first-order valence-electron chi connectivity index (χ1n) is 11.5. The van der Waals surface area contributed by atoms with Crippen LogP contribution in [0.5, 0.6) is 0 Å². The highest BCUT2D eigenvalue weighted by Crippen LogP contribution is 2.37. The van der Waals surface area contributed by atoms with Crippen LogP contribution in [0.15, 0.2) is 33.9 Å². The summed E-state index contributed by atoms with van der Waals surface area (Å²) in [5.74, 6) is -0.530. The van der Waals surface area contributed by atoms with Crippen molar-refractivity contribution >= 4 is 0 Å². The lowest BCUT2D eigenvalue weighted by Crippen LogP contribution is -2.47. The molecule has 1 aromatic heterocycles. The monoisotopic (exact) mass is 484 g/mol. The quantitative estimate of drug-likeness (QED) is 0.539. The summed E-state index contributed by atoms with van der Waals surface area (Å²) in [4.78, 5) is 30.6. The average Bonchev–Trinajstić information content (AvgIpc) is 2.99. The summed E-state index contributed by atoms with van der Waals surface area (Å²) >= 11 is 0. The van der Waals surface area contributed by atoms with Crippen molar-refractivity contribution in [2.24, 2.45) is 0 Å². The fraction of sp³-hybridized carbons (Fsp3) is 0.609. The lowest BCUT2D eigenvalue weighted by molar-refractivity contribution is -0.142. The van der Waals surface area contributed by atoms with E-state index in [-0.39, 0.29) is 30.9 Å². The van der Waals surface area contributed by atoms with Crippen molar-refractivity contribution in [2.75, 3.05) is 6.54 Å². The Morgan fingerprint density at radius 1 is 1.06 bits per heavy atom. The highest BCUT2D eigenvalue weighted by molar-refractivity contribution is 5.16. The number of benzene rings is 1. The lowest BCUT2D eigenvalue weighted by Gasteiger charge is -2.39. The summed E-state index contributed by atoms with van der Waals surface area (Å²) < 4.78 is 59.5. The van der Waals surface area contributed by atoms with Crippen molar-refractivity contribution in [3.8, 4) is 0 Å². The highest BCUT2D eigenvalue weighted by Gasteiger charge is 2.40. The number of aromatic nitrogens is 3. The third-order valence-corrected chi connectivity index (χ3v) is 6.75. The van der Waals surface area contributed by atoms with Gasteiger partial charge in [-0.1, -0.05) is 18.2 Å². The first kappa shape index (κ1) is 24.6. The lowest BCUT2D eigenvalue weighted by atomic mass is 9.99. The third kappa shape index (κ3) is 5.57. The second-order valence-corrected chi connectivity index (χ2v) is 9.05. The minimum Gasteiger partial charge on any atom is -0.373 e. The molecule has 2 aliphatic rings. The predicted octanol–water partition coefficient (Wildman–Crippen LogP) is 3.02. The van der Waals surface area contributed by atoms with Crippen LogP contribution in [0.1, 0.15) is 43.5 Å². The van der Waals surface area contributed by atoms with Gasteiger partial charge in [0.2, 0.25) is 0 Å². The Bertz CT molecular complexity index is 1120. The summed E-state index contributed by atoms with van der Waals surface area (Å²) in [6.45, 7) is 0.592. The molecule has 1 aromatic carbocycles. The zero-order valence-electron chi connectivity index (χ0n) is 18.9. The number of hydrogen-bond acceptors (Lipinski definition) is 5. The summed E-state index contributed by atoms with van der Waals surface area (Å²) in [6, 6.07) is 7.13. The summed E-state index contributed by atoms with van der Waals surface area (Å²) in [6.07, 6.45) is -0.462. The van der Waals surface area contributed by atoms with Gasteiger partial charge in [-0.25, -0.2) is 18.5 Å². The molecule has 2 atom stereocenters. The van der Waals surface area contributed by atoms with Gasteiger partial charge in [-0.3, -0.25) is 9.47 Å². The molecular weight excluding hydrogens is 456 g/mol. The van der Waals surface area contributed by atoms with Gasteiger partial charge in [0.15, 0.2) is 0 Å². The molecule has 4 rings (SSSR count). The number of fused-ring (bicyclic) bond motifs is 2. The topological polar surface area (TPSA) is 69.4 Å². The maximum Gasteiger partial charge on any atom is 0.406 e. The molecule has 0 amide bonds. The molecule has 0 N–H and O–H groups in total. The minimum absolute atomic E-state index is 0.00591. The van der Waals surface area contributed by atoms with Gasteiger partial charge in [0.1, 0.15) is 18.2 Å². The number of nitrogens with zero attached hydrogens (tertiary/aromatic N) is 4. The molecule has 3 heterocycles. The van der Waals surface area contributed by atoms with E-state index in [0.717, 1.165) is 30.3 Å². The normalized spacial score (nSPS) is 22.9. The molecule has 186 valence electrons. The molecule has 7 nitrogen and oxygen atoms in total. The van der Waals surface area contributed by atoms with Crippen molar-refractivity contribution in [3.63, 3.8) is 0 Å². The van der Waals surface area contributed by atoms with Gasteiger partial charge in [-0.05, 0) is 45.1 Å². The molecule has 0 radical (unpaired) electrons. The van der Waals surface area contributed by atoms with Crippen molar-refractivity contribution < 1.29 is 22.3 Å². The van der Waals surface area contributed by atoms with Crippen LogP contribution in [0.25, 0.3) is 0 Å². The number of rotatable bonds is 8. The van der Waals surface area contributed by atoms with Gasteiger partial charge < -0.3 is 4.74 Å². The molecule has 11 heteroatoms. The first-order chi connectivity index (χ1) is 16.1. The summed E-state index contributed by atoms with van der Waals surface area (Å²) in [5.41, 5.74) is -1.28. The van der Waals surface area contributed by atoms with Gasteiger partial charge in [0.05, 0.1) is 12.7 Å². The van der Waals surface area contributed by atoms with Crippen LogP contribution in [0.4, 0.5) is 17.6 Å². The van der Waals surface area contributed by atoms with Crippen LogP contribution in [0.2, 0.25) is 0 Å². The second-order valence-electron chi connectivity index (χ2n) is 9.05. The molecule has 2 aliphatic heterocycles. The number of piperidine rings is 1. The third-order valence-electron chi connectivity index (χ3n) is 6.75. The van der Waals surface area contributed by atoms with E-state index in [2.05, 4.69) is 9.88 Å². The molecule has 0 aliphatic carbocycles. The van der Waals surface area contributed by atoms with Gasteiger partial charge in [0.25, 0.3) is 0 Å². The fourth-order valence-corrected chi connectivity index (χ4v) is 5.14. The molecule has 2 bridgehead atoms. The Labute approximate surface area is 194 Å². The largest absolute Gasteiger partial charge is 0.406 e. The maximum atomic E-state index is 13.8. The Morgan fingerprint density at radius 2 is 1.74 bits per heavy atom. The van der Waals surface area contributed by atoms with E-state index in [1.165, 1.54) is 13.0 Å². The molecular formula is C23H28F4N4O3. The highest BCUT2D eigenvalue weighted by atomic mass is 19.4. The fourth-order valence-electron chi connectivity index (χ4n) is 5.14. The van der Waals surface area contributed by atoms with Gasteiger partial charge in [0, 0.05) is 30.7 Å². The second kappa shape index (κ2) is 9.99. The van der Waals surface area contributed by atoms with Gasteiger partial charge in [-0.15, -0.1) is 0 Å². The zero-order valence-corrected chi connectivity index (χ0v) is 18.9. The number of ether oxygens (including phenoxy) is 1. The molecule has 34 heavy (non-hydrogen) atoms. The van der Waals surface area contributed by atoms with Crippen LogP contribution >= 0.6 is 0 Å². The van der Waals surface area contributed by atoms with Crippen LogP contribution < -0.4 is 11.4 Å². The van der Waals surface area contributed by atoms with Crippen LogP contribution in [0, 0.1) is 12.7 Å². The summed E-state index contributed by atoms with van der Waals surface area (Å²) in [5, 5.41) is 0. The first-order valence-corrected chi connectivity index (χ1v) is 11.5. The van der Waals surface area contributed by atoms with Crippen LogP contribution in [-0.2, 0) is 24.4 Å². The number of aryl methyl sites for hydroxylation is 1. The average molecular weight is 484 g/mol. The molecule has 0 spiro atoms. The maximum absolute atomic E-state index is 13.8. The Morgan fingerprint density at radius 3 is 2.38 bits per heavy atom.